The number of anilines is 1. The van der Waals surface area contributed by atoms with Crippen LogP contribution in [0.25, 0.3) is 0 Å². The van der Waals surface area contributed by atoms with E-state index in [4.69, 9.17) is 5.11 Å². The van der Waals surface area contributed by atoms with E-state index >= 15 is 0 Å². The minimum atomic E-state index is -0.842. The number of benzene rings is 1. The molecule has 0 aromatic heterocycles. The zero-order chi connectivity index (χ0) is 15.8. The molecular formula is C16H24N2O3. The van der Waals surface area contributed by atoms with E-state index in [-0.39, 0.29) is 12.5 Å². The van der Waals surface area contributed by atoms with Crippen molar-refractivity contribution in [2.45, 2.75) is 33.6 Å². The molecule has 0 spiro atoms. The Morgan fingerprint density at radius 2 is 1.95 bits per heavy atom. The van der Waals surface area contributed by atoms with Gasteiger partial charge >= 0.3 is 12.0 Å². The average molecular weight is 292 g/mol. The Morgan fingerprint density at radius 1 is 1.29 bits per heavy atom. The highest BCUT2D eigenvalue weighted by Gasteiger charge is 2.14. The Bertz CT molecular complexity index is 486. The molecule has 5 heteroatoms. The second-order valence-electron chi connectivity index (χ2n) is 5.41. The molecule has 0 aliphatic rings. The van der Waals surface area contributed by atoms with Gasteiger partial charge in [0.15, 0.2) is 0 Å². The molecule has 1 aromatic rings. The van der Waals surface area contributed by atoms with Crippen LogP contribution in [-0.2, 0) is 11.2 Å². The first kappa shape index (κ1) is 17.0. The summed E-state index contributed by atoms with van der Waals surface area (Å²) in [6.45, 7) is 7.41. The monoisotopic (exact) mass is 292 g/mol. The van der Waals surface area contributed by atoms with Crippen molar-refractivity contribution in [3.05, 3.63) is 29.8 Å². The lowest BCUT2D eigenvalue weighted by atomic mass is 10.1. The van der Waals surface area contributed by atoms with E-state index in [1.54, 1.807) is 11.0 Å². The molecule has 1 rings (SSSR count). The molecule has 0 bridgehead atoms. The normalized spacial score (nSPS) is 10.5. The fourth-order valence-corrected chi connectivity index (χ4v) is 2.09. The van der Waals surface area contributed by atoms with Gasteiger partial charge in [0.25, 0.3) is 0 Å². The number of carboxylic acid groups (broad SMARTS) is 1. The third-order valence-electron chi connectivity index (χ3n) is 3.12. The largest absolute Gasteiger partial charge is 0.481 e. The molecular weight excluding hydrogens is 268 g/mol. The number of nitrogens with one attached hydrogen (secondary N) is 1. The number of nitrogens with zero attached hydrogens (tertiary/aromatic N) is 1. The number of carbonyl (C=O) groups is 2. The maximum Gasteiger partial charge on any atom is 0.321 e. The lowest BCUT2D eigenvalue weighted by molar-refractivity contribution is -0.136. The first-order valence-corrected chi connectivity index (χ1v) is 7.29. The molecule has 0 saturated heterocycles. The van der Waals surface area contributed by atoms with E-state index in [2.05, 4.69) is 19.2 Å². The SMILES string of the molecule is CCN(CC(C)C)C(=O)Nc1ccccc1CCC(=O)O. The van der Waals surface area contributed by atoms with Crippen LogP contribution in [0.15, 0.2) is 24.3 Å². The van der Waals surface area contributed by atoms with Crippen LogP contribution in [0.2, 0.25) is 0 Å². The summed E-state index contributed by atoms with van der Waals surface area (Å²) in [4.78, 5) is 24.7. The molecule has 5 nitrogen and oxygen atoms in total. The number of rotatable bonds is 7. The Morgan fingerprint density at radius 3 is 2.52 bits per heavy atom. The van der Waals surface area contributed by atoms with Crippen molar-refractivity contribution in [1.82, 2.24) is 4.90 Å². The zero-order valence-corrected chi connectivity index (χ0v) is 12.9. The Labute approximate surface area is 126 Å². The van der Waals surface area contributed by atoms with Crippen LogP contribution in [0.5, 0.6) is 0 Å². The lowest BCUT2D eigenvalue weighted by Crippen LogP contribution is -2.37. The molecule has 0 radical (unpaired) electrons. The summed E-state index contributed by atoms with van der Waals surface area (Å²) in [6.07, 6.45) is 0.457. The van der Waals surface area contributed by atoms with E-state index < -0.39 is 5.97 Å². The Hall–Kier alpha value is -2.04. The van der Waals surface area contributed by atoms with Crippen molar-refractivity contribution >= 4 is 17.7 Å². The number of para-hydroxylation sites is 1. The Kier molecular flexibility index (Phi) is 6.72. The van der Waals surface area contributed by atoms with E-state index in [1.807, 2.05) is 25.1 Å². The lowest BCUT2D eigenvalue weighted by Gasteiger charge is -2.24. The van der Waals surface area contributed by atoms with Gasteiger partial charge in [-0.2, -0.15) is 0 Å². The van der Waals surface area contributed by atoms with Gasteiger partial charge in [-0.1, -0.05) is 32.0 Å². The van der Waals surface area contributed by atoms with Crippen LogP contribution in [0.1, 0.15) is 32.8 Å². The fourth-order valence-electron chi connectivity index (χ4n) is 2.09. The number of amides is 2. The highest BCUT2D eigenvalue weighted by atomic mass is 16.4. The number of hydrogen-bond donors (Lipinski definition) is 2. The summed E-state index contributed by atoms with van der Waals surface area (Å²) in [6, 6.07) is 7.18. The maximum absolute atomic E-state index is 12.3. The van der Waals surface area contributed by atoms with E-state index in [9.17, 15) is 9.59 Å². The molecule has 0 saturated carbocycles. The molecule has 0 aliphatic heterocycles. The quantitative estimate of drug-likeness (QED) is 0.810. The van der Waals surface area contributed by atoms with Crippen molar-refractivity contribution in [2.24, 2.45) is 5.92 Å². The number of urea groups is 1. The van der Waals surface area contributed by atoms with Crippen LogP contribution in [0.3, 0.4) is 0 Å². The van der Waals surface area contributed by atoms with Crippen LogP contribution in [0, 0.1) is 5.92 Å². The second-order valence-corrected chi connectivity index (χ2v) is 5.41. The van der Waals surface area contributed by atoms with Crippen LogP contribution in [0.4, 0.5) is 10.5 Å². The van der Waals surface area contributed by atoms with Crippen LogP contribution >= 0.6 is 0 Å². The highest BCUT2D eigenvalue weighted by Crippen LogP contribution is 2.17. The number of carbonyl (C=O) groups excluding carboxylic acids is 1. The van der Waals surface area contributed by atoms with Crippen molar-refractivity contribution in [3.63, 3.8) is 0 Å². The van der Waals surface area contributed by atoms with Gasteiger partial charge in [-0.3, -0.25) is 4.79 Å². The summed E-state index contributed by atoms with van der Waals surface area (Å²) >= 11 is 0. The van der Waals surface area contributed by atoms with Crippen LogP contribution < -0.4 is 5.32 Å². The van der Waals surface area contributed by atoms with Crippen molar-refractivity contribution in [2.75, 3.05) is 18.4 Å². The van der Waals surface area contributed by atoms with Gasteiger partial charge in [-0.25, -0.2) is 4.79 Å². The van der Waals surface area contributed by atoms with Crippen LogP contribution in [-0.4, -0.2) is 35.1 Å². The van der Waals surface area contributed by atoms with E-state index in [0.717, 1.165) is 5.56 Å². The maximum atomic E-state index is 12.3. The first-order chi connectivity index (χ1) is 9.93. The molecule has 0 fully saturated rings. The van der Waals surface area contributed by atoms with Gasteiger partial charge in [-0.05, 0) is 30.9 Å². The summed E-state index contributed by atoms with van der Waals surface area (Å²) in [5, 5.41) is 11.7. The molecule has 0 unspecified atom stereocenters. The summed E-state index contributed by atoms with van der Waals surface area (Å²) in [5.74, 6) is -0.441. The average Bonchev–Trinajstić information content (AvgIpc) is 2.43. The number of carboxylic acids is 1. The molecule has 0 heterocycles. The topological polar surface area (TPSA) is 69.6 Å². The van der Waals surface area contributed by atoms with Gasteiger partial charge in [0.1, 0.15) is 0 Å². The van der Waals surface area contributed by atoms with Gasteiger partial charge in [0.05, 0.1) is 0 Å². The highest BCUT2D eigenvalue weighted by molar-refractivity contribution is 5.90. The summed E-state index contributed by atoms with van der Waals surface area (Å²) in [7, 11) is 0. The molecule has 0 aliphatic carbocycles. The Balaban J connectivity index is 2.76. The fraction of sp³-hybridized carbons (Fsp3) is 0.500. The minimum absolute atomic E-state index is 0.0520. The van der Waals surface area contributed by atoms with Crippen molar-refractivity contribution < 1.29 is 14.7 Å². The van der Waals surface area contributed by atoms with Gasteiger partial charge in [0.2, 0.25) is 0 Å². The van der Waals surface area contributed by atoms with Crippen molar-refractivity contribution in [3.8, 4) is 0 Å². The summed E-state index contributed by atoms with van der Waals surface area (Å²) < 4.78 is 0. The van der Waals surface area contributed by atoms with Gasteiger partial charge in [0, 0.05) is 25.2 Å². The zero-order valence-electron chi connectivity index (χ0n) is 12.9. The summed E-state index contributed by atoms with van der Waals surface area (Å²) in [5.41, 5.74) is 1.53. The molecule has 0 atom stereocenters. The molecule has 2 amide bonds. The predicted molar refractivity (Wildman–Crippen MR) is 83.5 cm³/mol. The van der Waals surface area contributed by atoms with Crippen molar-refractivity contribution in [1.29, 1.82) is 0 Å². The minimum Gasteiger partial charge on any atom is -0.481 e. The third kappa shape index (κ3) is 5.85. The standard InChI is InChI=1S/C16H24N2O3/c1-4-18(11-12(2)3)16(21)17-14-8-6-5-7-13(14)9-10-15(19)20/h5-8,12H,4,9-11H2,1-3H3,(H,17,21)(H,19,20). The molecule has 1 aromatic carbocycles. The van der Waals surface area contributed by atoms with E-state index in [1.165, 1.54) is 0 Å². The van der Waals surface area contributed by atoms with Gasteiger partial charge in [-0.15, -0.1) is 0 Å². The number of aryl methyl sites for hydroxylation is 1. The predicted octanol–water partition coefficient (Wildman–Crippen LogP) is 3.21. The molecule has 2 N–H and O–H groups in total. The second kappa shape index (κ2) is 8.29. The molecule has 21 heavy (non-hydrogen) atoms. The number of hydrogen-bond acceptors (Lipinski definition) is 2. The van der Waals surface area contributed by atoms with E-state index in [0.29, 0.717) is 31.1 Å². The first-order valence-electron chi connectivity index (χ1n) is 7.29. The number of aliphatic carboxylic acids is 1. The van der Waals surface area contributed by atoms with Gasteiger partial charge < -0.3 is 15.3 Å². The third-order valence-corrected chi connectivity index (χ3v) is 3.12. The molecule has 116 valence electrons. The smallest absolute Gasteiger partial charge is 0.321 e.